The molecule has 4 rings (SSSR count). The van der Waals surface area contributed by atoms with Crippen molar-refractivity contribution in [1.82, 2.24) is 19.9 Å². The van der Waals surface area contributed by atoms with Gasteiger partial charge in [-0.2, -0.15) is 0 Å². The van der Waals surface area contributed by atoms with Crippen LogP contribution in [-0.4, -0.2) is 70.9 Å². The molecule has 33 heavy (non-hydrogen) atoms. The van der Waals surface area contributed by atoms with Gasteiger partial charge in [0.15, 0.2) is 11.5 Å². The molecule has 1 aliphatic rings. The van der Waals surface area contributed by atoms with Crippen molar-refractivity contribution in [1.29, 1.82) is 0 Å². The van der Waals surface area contributed by atoms with Crippen LogP contribution in [0.2, 0.25) is 0 Å². The Kier molecular flexibility index (Phi) is 6.62. The lowest BCUT2D eigenvalue weighted by Gasteiger charge is -2.30. The molecule has 10 nitrogen and oxygen atoms in total. The summed E-state index contributed by atoms with van der Waals surface area (Å²) in [5, 5.41) is 13.3. The number of anilines is 3. The summed E-state index contributed by atoms with van der Waals surface area (Å²) in [7, 11) is 3.58. The Morgan fingerprint density at radius 3 is 2.70 bits per heavy atom. The van der Waals surface area contributed by atoms with Crippen LogP contribution in [0, 0.1) is 0 Å². The third-order valence-corrected chi connectivity index (χ3v) is 5.81. The summed E-state index contributed by atoms with van der Waals surface area (Å²) in [5.74, 6) is 2.73. The highest BCUT2D eigenvalue weighted by atomic mass is 16.5. The van der Waals surface area contributed by atoms with Crippen LogP contribution in [0.3, 0.4) is 0 Å². The highest BCUT2D eigenvalue weighted by Crippen LogP contribution is 2.34. The zero-order valence-corrected chi connectivity index (χ0v) is 19.0. The van der Waals surface area contributed by atoms with Crippen LogP contribution in [0.5, 0.6) is 11.5 Å². The van der Waals surface area contributed by atoms with Gasteiger partial charge >= 0.3 is 6.09 Å². The predicted octanol–water partition coefficient (Wildman–Crippen LogP) is 3.75. The minimum atomic E-state index is -0.886. The van der Waals surface area contributed by atoms with E-state index in [1.165, 1.54) is 11.2 Å². The van der Waals surface area contributed by atoms with Gasteiger partial charge in [0.1, 0.15) is 24.1 Å². The van der Waals surface area contributed by atoms with E-state index >= 15 is 0 Å². The Morgan fingerprint density at radius 2 is 2.00 bits per heavy atom. The summed E-state index contributed by atoms with van der Waals surface area (Å²) in [6.07, 6.45) is 3.60. The van der Waals surface area contributed by atoms with Gasteiger partial charge in [-0.1, -0.05) is 0 Å². The number of methoxy groups -OCH3 is 1. The highest BCUT2D eigenvalue weighted by molar-refractivity contribution is 5.91. The van der Waals surface area contributed by atoms with E-state index in [1.807, 2.05) is 36.2 Å². The van der Waals surface area contributed by atoms with Gasteiger partial charge in [0, 0.05) is 56.7 Å². The number of amides is 1. The van der Waals surface area contributed by atoms with Crippen molar-refractivity contribution < 1.29 is 19.4 Å². The SMILES string of the molecule is CCN(C)c1cc2c(Nc3ccc(OC4CCN(C(=O)O)CC4)c(OC)c3)ncnc2cn1. The Hall–Kier alpha value is -3.82. The van der Waals surface area contributed by atoms with Gasteiger partial charge < -0.3 is 29.7 Å². The molecule has 1 amide bonds. The zero-order chi connectivity index (χ0) is 23.4. The number of rotatable bonds is 7. The first-order chi connectivity index (χ1) is 16.0. The van der Waals surface area contributed by atoms with Crippen LogP contribution in [0.25, 0.3) is 10.9 Å². The topological polar surface area (TPSA) is 113 Å². The van der Waals surface area contributed by atoms with Gasteiger partial charge in [-0.05, 0) is 25.1 Å². The molecule has 0 radical (unpaired) electrons. The molecule has 10 heteroatoms. The van der Waals surface area contributed by atoms with E-state index in [2.05, 4.69) is 27.2 Å². The molecule has 0 spiro atoms. The molecule has 0 atom stereocenters. The quantitative estimate of drug-likeness (QED) is 0.553. The number of hydrogen-bond donors (Lipinski definition) is 2. The van der Waals surface area contributed by atoms with Crippen LogP contribution in [0.4, 0.5) is 22.1 Å². The fourth-order valence-corrected chi connectivity index (χ4v) is 3.74. The number of benzene rings is 1. The van der Waals surface area contributed by atoms with Crippen molar-refractivity contribution in [2.75, 3.05) is 44.0 Å². The van der Waals surface area contributed by atoms with E-state index in [4.69, 9.17) is 14.6 Å². The molecule has 3 heterocycles. The van der Waals surface area contributed by atoms with E-state index < -0.39 is 6.09 Å². The Bertz CT molecular complexity index is 1130. The van der Waals surface area contributed by atoms with Gasteiger partial charge in [0.2, 0.25) is 0 Å². The summed E-state index contributed by atoms with van der Waals surface area (Å²) in [5.41, 5.74) is 1.54. The largest absolute Gasteiger partial charge is 0.493 e. The average molecular weight is 453 g/mol. The lowest BCUT2D eigenvalue weighted by atomic mass is 10.1. The van der Waals surface area contributed by atoms with Crippen molar-refractivity contribution >= 4 is 34.3 Å². The van der Waals surface area contributed by atoms with Gasteiger partial charge in [0.05, 0.1) is 18.8 Å². The minimum absolute atomic E-state index is 0.0550. The summed E-state index contributed by atoms with van der Waals surface area (Å²) >= 11 is 0. The fourth-order valence-electron chi connectivity index (χ4n) is 3.74. The molecule has 2 aromatic heterocycles. The number of hydrogen-bond acceptors (Lipinski definition) is 8. The maximum absolute atomic E-state index is 11.1. The summed E-state index contributed by atoms with van der Waals surface area (Å²) in [6.45, 7) is 3.83. The van der Waals surface area contributed by atoms with Gasteiger partial charge in [-0.3, -0.25) is 0 Å². The summed E-state index contributed by atoms with van der Waals surface area (Å²) in [4.78, 5) is 27.8. The van der Waals surface area contributed by atoms with E-state index in [9.17, 15) is 4.79 Å². The van der Waals surface area contributed by atoms with Crippen LogP contribution < -0.4 is 19.7 Å². The number of carbonyl (C=O) groups is 1. The predicted molar refractivity (Wildman–Crippen MR) is 126 cm³/mol. The van der Waals surface area contributed by atoms with Crippen molar-refractivity contribution in [2.24, 2.45) is 0 Å². The normalized spacial score (nSPS) is 14.2. The van der Waals surface area contributed by atoms with E-state index in [-0.39, 0.29) is 6.10 Å². The third kappa shape index (κ3) is 5.00. The minimum Gasteiger partial charge on any atom is -0.493 e. The second-order valence-electron chi connectivity index (χ2n) is 7.87. The fraction of sp³-hybridized carbons (Fsp3) is 0.391. The van der Waals surface area contributed by atoms with Crippen molar-refractivity contribution in [2.45, 2.75) is 25.9 Å². The summed E-state index contributed by atoms with van der Waals surface area (Å²) < 4.78 is 11.7. The third-order valence-electron chi connectivity index (χ3n) is 5.81. The number of ether oxygens (including phenoxy) is 2. The number of carboxylic acid groups (broad SMARTS) is 1. The first kappa shape index (κ1) is 22.4. The lowest BCUT2D eigenvalue weighted by Crippen LogP contribution is -2.41. The molecule has 1 saturated heterocycles. The second kappa shape index (κ2) is 9.76. The maximum atomic E-state index is 11.1. The number of nitrogens with one attached hydrogen (secondary N) is 1. The van der Waals surface area contributed by atoms with E-state index in [0.29, 0.717) is 43.2 Å². The zero-order valence-electron chi connectivity index (χ0n) is 19.0. The molecule has 1 aliphatic heterocycles. The molecule has 1 aromatic carbocycles. The number of aromatic nitrogens is 3. The van der Waals surface area contributed by atoms with Crippen LogP contribution in [-0.2, 0) is 0 Å². The molecule has 2 N–H and O–H groups in total. The second-order valence-corrected chi connectivity index (χ2v) is 7.87. The molecule has 3 aromatic rings. The Balaban J connectivity index is 1.52. The van der Waals surface area contributed by atoms with E-state index in [0.717, 1.165) is 29.0 Å². The number of nitrogens with zero attached hydrogens (tertiary/aromatic N) is 5. The lowest BCUT2D eigenvalue weighted by molar-refractivity contribution is 0.0878. The molecule has 174 valence electrons. The molecule has 0 unspecified atom stereocenters. The smallest absolute Gasteiger partial charge is 0.407 e. The monoisotopic (exact) mass is 452 g/mol. The molecule has 0 saturated carbocycles. The van der Waals surface area contributed by atoms with Gasteiger partial charge in [-0.25, -0.2) is 19.7 Å². The first-order valence-corrected chi connectivity index (χ1v) is 10.9. The Labute approximate surface area is 192 Å². The van der Waals surface area contributed by atoms with E-state index in [1.54, 1.807) is 13.3 Å². The van der Waals surface area contributed by atoms with Crippen molar-refractivity contribution in [3.8, 4) is 11.5 Å². The van der Waals surface area contributed by atoms with Crippen molar-refractivity contribution in [3.05, 3.63) is 36.8 Å². The van der Waals surface area contributed by atoms with Crippen LogP contribution in [0.15, 0.2) is 36.8 Å². The number of pyridine rings is 1. The number of likely N-dealkylation sites (tertiary alicyclic amines) is 1. The Morgan fingerprint density at radius 1 is 1.21 bits per heavy atom. The average Bonchev–Trinajstić information content (AvgIpc) is 2.84. The molecular formula is C23H28N6O4. The maximum Gasteiger partial charge on any atom is 0.407 e. The van der Waals surface area contributed by atoms with Crippen LogP contribution >= 0.6 is 0 Å². The number of fused-ring (bicyclic) bond motifs is 1. The van der Waals surface area contributed by atoms with Gasteiger partial charge in [-0.15, -0.1) is 0 Å². The van der Waals surface area contributed by atoms with Gasteiger partial charge in [0.25, 0.3) is 0 Å². The van der Waals surface area contributed by atoms with Crippen molar-refractivity contribution in [3.63, 3.8) is 0 Å². The first-order valence-electron chi connectivity index (χ1n) is 10.9. The molecule has 1 fully saturated rings. The standard InChI is InChI=1S/C23H28N6O4/c1-4-28(2)21-12-17-18(13-24-21)25-14-26-22(17)27-15-5-6-19(20(11-15)32-3)33-16-7-9-29(10-8-16)23(30)31/h5-6,11-14,16H,4,7-10H2,1-3H3,(H,30,31)(H,25,26,27). The summed E-state index contributed by atoms with van der Waals surface area (Å²) in [6, 6.07) is 7.58. The molecule has 0 aliphatic carbocycles. The van der Waals surface area contributed by atoms with Crippen LogP contribution in [0.1, 0.15) is 19.8 Å². The highest BCUT2D eigenvalue weighted by Gasteiger charge is 2.24. The number of piperidine rings is 1. The molecule has 0 bridgehead atoms. The molecular weight excluding hydrogens is 424 g/mol.